The molecular formula is C16H18F2N2O. The molecule has 112 valence electrons. The van der Waals surface area contributed by atoms with Crippen LogP contribution in [0.5, 0.6) is 11.6 Å². The minimum atomic E-state index is -0.946. The minimum Gasteiger partial charge on any atom is -0.439 e. The average molecular weight is 292 g/mol. The molecule has 1 heterocycles. The van der Waals surface area contributed by atoms with E-state index in [1.807, 2.05) is 12.1 Å². The van der Waals surface area contributed by atoms with E-state index in [9.17, 15) is 8.78 Å². The average Bonchev–Trinajstić information content (AvgIpc) is 2.40. The maximum absolute atomic E-state index is 13.1. The SMILES string of the molecule is CC(C)(C)NCc1cccc(Oc2ccc(F)c(F)c2)n1. The van der Waals surface area contributed by atoms with Crippen LogP contribution in [-0.4, -0.2) is 10.5 Å². The summed E-state index contributed by atoms with van der Waals surface area (Å²) in [7, 11) is 0. The zero-order valence-corrected chi connectivity index (χ0v) is 12.3. The Labute approximate surface area is 123 Å². The van der Waals surface area contributed by atoms with Crippen molar-refractivity contribution >= 4 is 0 Å². The van der Waals surface area contributed by atoms with Gasteiger partial charge in [-0.15, -0.1) is 0 Å². The number of hydrogen-bond acceptors (Lipinski definition) is 3. The van der Waals surface area contributed by atoms with Gasteiger partial charge in [-0.25, -0.2) is 13.8 Å². The number of rotatable bonds is 4. The molecule has 2 rings (SSSR count). The molecule has 0 bridgehead atoms. The maximum Gasteiger partial charge on any atom is 0.219 e. The number of benzene rings is 1. The van der Waals surface area contributed by atoms with Crippen LogP contribution in [0.4, 0.5) is 8.78 Å². The van der Waals surface area contributed by atoms with Gasteiger partial charge in [-0.3, -0.25) is 0 Å². The summed E-state index contributed by atoms with van der Waals surface area (Å²) in [5.41, 5.74) is 0.795. The molecule has 0 atom stereocenters. The van der Waals surface area contributed by atoms with Crippen molar-refractivity contribution < 1.29 is 13.5 Å². The molecule has 0 radical (unpaired) electrons. The highest BCUT2D eigenvalue weighted by Crippen LogP contribution is 2.21. The second-order valence-corrected chi connectivity index (χ2v) is 5.75. The first-order chi connectivity index (χ1) is 9.83. The molecule has 21 heavy (non-hydrogen) atoms. The van der Waals surface area contributed by atoms with E-state index >= 15 is 0 Å². The highest BCUT2D eigenvalue weighted by Gasteiger charge is 2.10. The molecule has 0 spiro atoms. The predicted molar refractivity (Wildman–Crippen MR) is 77.3 cm³/mol. The summed E-state index contributed by atoms with van der Waals surface area (Å²) in [6.45, 7) is 6.79. The van der Waals surface area contributed by atoms with Crippen LogP contribution in [-0.2, 0) is 6.54 Å². The summed E-state index contributed by atoms with van der Waals surface area (Å²) in [6, 6.07) is 8.73. The van der Waals surface area contributed by atoms with Crippen LogP contribution < -0.4 is 10.1 Å². The molecule has 0 amide bonds. The molecule has 1 aromatic heterocycles. The standard InChI is InChI=1S/C16H18F2N2O/c1-16(2,3)19-10-11-5-4-6-15(20-11)21-12-7-8-13(17)14(18)9-12/h4-9,19H,10H2,1-3H3. The van der Waals surface area contributed by atoms with Crippen LogP contribution in [0.3, 0.4) is 0 Å². The van der Waals surface area contributed by atoms with Crippen molar-refractivity contribution in [1.29, 1.82) is 0 Å². The van der Waals surface area contributed by atoms with Crippen molar-refractivity contribution in [2.75, 3.05) is 0 Å². The van der Waals surface area contributed by atoms with Gasteiger partial charge in [-0.2, -0.15) is 0 Å². The smallest absolute Gasteiger partial charge is 0.219 e. The first kappa shape index (κ1) is 15.4. The molecule has 5 heteroatoms. The van der Waals surface area contributed by atoms with E-state index in [2.05, 4.69) is 31.1 Å². The zero-order chi connectivity index (χ0) is 15.5. The van der Waals surface area contributed by atoms with Crippen molar-refractivity contribution in [1.82, 2.24) is 10.3 Å². The number of nitrogens with one attached hydrogen (secondary N) is 1. The summed E-state index contributed by atoms with van der Waals surface area (Å²) in [4.78, 5) is 4.32. The highest BCUT2D eigenvalue weighted by atomic mass is 19.2. The number of hydrogen-bond donors (Lipinski definition) is 1. The summed E-state index contributed by atoms with van der Waals surface area (Å²) >= 11 is 0. The Hall–Kier alpha value is -2.01. The molecule has 1 N–H and O–H groups in total. The second kappa shape index (κ2) is 6.18. The van der Waals surface area contributed by atoms with Crippen molar-refractivity contribution in [2.45, 2.75) is 32.9 Å². The Kier molecular flexibility index (Phi) is 4.53. The van der Waals surface area contributed by atoms with Crippen molar-refractivity contribution in [3.8, 4) is 11.6 Å². The molecule has 0 unspecified atom stereocenters. The molecule has 1 aromatic carbocycles. The van der Waals surface area contributed by atoms with Gasteiger partial charge in [0.05, 0.1) is 5.69 Å². The second-order valence-electron chi connectivity index (χ2n) is 5.75. The maximum atomic E-state index is 13.1. The van der Waals surface area contributed by atoms with Crippen LogP contribution in [0.15, 0.2) is 36.4 Å². The molecule has 0 saturated carbocycles. The Morgan fingerprint density at radius 2 is 1.86 bits per heavy atom. The van der Waals surface area contributed by atoms with E-state index in [0.29, 0.717) is 12.4 Å². The molecule has 0 aliphatic rings. The molecule has 2 aromatic rings. The van der Waals surface area contributed by atoms with Crippen molar-refractivity contribution in [3.05, 3.63) is 53.7 Å². The van der Waals surface area contributed by atoms with Gasteiger partial charge in [0.15, 0.2) is 11.6 Å². The number of nitrogens with zero attached hydrogens (tertiary/aromatic N) is 1. The normalized spacial score (nSPS) is 11.5. The summed E-state index contributed by atoms with van der Waals surface area (Å²) in [5, 5.41) is 3.32. The third kappa shape index (κ3) is 4.79. The predicted octanol–water partition coefficient (Wildman–Crippen LogP) is 4.04. The fourth-order valence-corrected chi connectivity index (χ4v) is 1.63. The van der Waals surface area contributed by atoms with Gasteiger partial charge >= 0.3 is 0 Å². The Morgan fingerprint density at radius 1 is 1.10 bits per heavy atom. The first-order valence-corrected chi connectivity index (χ1v) is 6.67. The van der Waals surface area contributed by atoms with E-state index in [1.165, 1.54) is 6.07 Å². The molecular weight excluding hydrogens is 274 g/mol. The fourth-order valence-electron chi connectivity index (χ4n) is 1.63. The summed E-state index contributed by atoms with van der Waals surface area (Å²) in [5.74, 6) is -1.30. The summed E-state index contributed by atoms with van der Waals surface area (Å²) in [6.07, 6.45) is 0. The molecule has 0 saturated heterocycles. The number of aromatic nitrogens is 1. The first-order valence-electron chi connectivity index (χ1n) is 6.67. The molecule has 0 aliphatic carbocycles. The lowest BCUT2D eigenvalue weighted by atomic mass is 10.1. The molecule has 0 aliphatic heterocycles. The van der Waals surface area contributed by atoms with Crippen molar-refractivity contribution in [2.24, 2.45) is 0 Å². The Balaban J connectivity index is 2.08. The minimum absolute atomic E-state index is 0.0153. The largest absolute Gasteiger partial charge is 0.439 e. The molecule has 0 fully saturated rings. The molecule has 3 nitrogen and oxygen atoms in total. The number of halogens is 2. The third-order valence-corrected chi connectivity index (χ3v) is 2.69. The van der Waals surface area contributed by atoms with E-state index in [1.54, 1.807) is 6.07 Å². The van der Waals surface area contributed by atoms with Crippen LogP contribution >= 0.6 is 0 Å². The van der Waals surface area contributed by atoms with Crippen LogP contribution in [0.2, 0.25) is 0 Å². The Morgan fingerprint density at radius 3 is 2.52 bits per heavy atom. The van der Waals surface area contributed by atoms with Gasteiger partial charge in [0.2, 0.25) is 5.88 Å². The van der Waals surface area contributed by atoms with Gasteiger partial charge in [0.25, 0.3) is 0 Å². The van der Waals surface area contributed by atoms with Crippen molar-refractivity contribution in [3.63, 3.8) is 0 Å². The monoisotopic (exact) mass is 292 g/mol. The highest BCUT2D eigenvalue weighted by molar-refractivity contribution is 5.28. The lowest BCUT2D eigenvalue weighted by Gasteiger charge is -2.20. The lowest BCUT2D eigenvalue weighted by Crippen LogP contribution is -2.35. The van der Waals surface area contributed by atoms with E-state index in [-0.39, 0.29) is 11.3 Å². The van der Waals surface area contributed by atoms with Gasteiger partial charge in [0, 0.05) is 24.2 Å². The van der Waals surface area contributed by atoms with E-state index < -0.39 is 11.6 Å². The van der Waals surface area contributed by atoms with E-state index in [4.69, 9.17) is 4.74 Å². The summed E-state index contributed by atoms with van der Waals surface area (Å²) < 4.78 is 31.4. The van der Waals surface area contributed by atoms with Gasteiger partial charge in [-0.1, -0.05) is 6.07 Å². The fraction of sp³-hybridized carbons (Fsp3) is 0.312. The van der Waals surface area contributed by atoms with Gasteiger partial charge < -0.3 is 10.1 Å². The lowest BCUT2D eigenvalue weighted by molar-refractivity contribution is 0.415. The third-order valence-electron chi connectivity index (χ3n) is 2.69. The van der Waals surface area contributed by atoms with Crippen LogP contribution in [0, 0.1) is 11.6 Å². The van der Waals surface area contributed by atoms with Gasteiger partial charge in [0.1, 0.15) is 5.75 Å². The van der Waals surface area contributed by atoms with Crippen LogP contribution in [0.1, 0.15) is 26.5 Å². The van der Waals surface area contributed by atoms with E-state index in [0.717, 1.165) is 17.8 Å². The quantitative estimate of drug-likeness (QED) is 0.923. The van der Waals surface area contributed by atoms with Crippen LogP contribution in [0.25, 0.3) is 0 Å². The zero-order valence-electron chi connectivity index (χ0n) is 12.3. The Bertz CT molecular complexity index is 624. The number of pyridine rings is 1. The number of ether oxygens (including phenoxy) is 1. The topological polar surface area (TPSA) is 34.1 Å². The van der Waals surface area contributed by atoms with Gasteiger partial charge in [-0.05, 0) is 39.0 Å².